The summed E-state index contributed by atoms with van der Waals surface area (Å²) in [4.78, 5) is 31.1. The number of ether oxygens (including phenoxy) is 2. The molecule has 1 saturated heterocycles. The fourth-order valence-electron chi connectivity index (χ4n) is 4.59. The van der Waals surface area contributed by atoms with Crippen molar-refractivity contribution in [2.24, 2.45) is 7.05 Å². The van der Waals surface area contributed by atoms with Crippen LogP contribution in [-0.4, -0.2) is 46.7 Å². The predicted octanol–water partition coefficient (Wildman–Crippen LogP) is 4.08. The molecule has 1 aliphatic rings. The first-order valence-corrected chi connectivity index (χ1v) is 11.6. The van der Waals surface area contributed by atoms with Gasteiger partial charge in [-0.05, 0) is 51.0 Å². The van der Waals surface area contributed by atoms with Crippen LogP contribution in [0.25, 0.3) is 11.0 Å². The van der Waals surface area contributed by atoms with E-state index in [9.17, 15) is 9.59 Å². The van der Waals surface area contributed by atoms with E-state index in [0.717, 1.165) is 30.6 Å². The van der Waals surface area contributed by atoms with E-state index in [1.165, 1.54) is 7.11 Å². The predicted molar refractivity (Wildman–Crippen MR) is 132 cm³/mol. The van der Waals surface area contributed by atoms with E-state index in [0.29, 0.717) is 34.7 Å². The molecule has 8 nitrogen and oxygen atoms in total. The SMILES string of the molecule is CCc1nc2cc(C(=O)N[C@H]3CCOC(C)(C)C3)cc(NC(=O)c3ccccc3OC)c2n1C. The summed E-state index contributed by atoms with van der Waals surface area (Å²) in [5, 5.41) is 6.12. The highest BCUT2D eigenvalue weighted by Gasteiger charge is 2.30. The molecule has 0 saturated carbocycles. The minimum atomic E-state index is -0.318. The number of carbonyl (C=O) groups is 2. The van der Waals surface area contributed by atoms with Gasteiger partial charge in [0.1, 0.15) is 11.6 Å². The molecule has 2 N–H and O–H groups in total. The number of nitrogens with one attached hydrogen (secondary N) is 2. The van der Waals surface area contributed by atoms with Gasteiger partial charge in [-0.1, -0.05) is 19.1 Å². The molecule has 1 aliphatic heterocycles. The largest absolute Gasteiger partial charge is 0.496 e. The number of methoxy groups -OCH3 is 1. The van der Waals surface area contributed by atoms with Gasteiger partial charge in [-0.15, -0.1) is 0 Å². The molecular formula is C26H32N4O4. The molecule has 180 valence electrons. The van der Waals surface area contributed by atoms with Crippen molar-refractivity contribution >= 4 is 28.5 Å². The van der Waals surface area contributed by atoms with E-state index >= 15 is 0 Å². The first-order chi connectivity index (χ1) is 16.2. The minimum absolute atomic E-state index is 0.0218. The topological polar surface area (TPSA) is 94.5 Å². The minimum Gasteiger partial charge on any atom is -0.496 e. The number of aryl methyl sites for hydroxylation is 2. The summed E-state index contributed by atoms with van der Waals surface area (Å²) >= 11 is 0. The molecule has 0 bridgehead atoms. The third-order valence-corrected chi connectivity index (χ3v) is 6.27. The van der Waals surface area contributed by atoms with Crippen LogP contribution < -0.4 is 15.4 Å². The zero-order valence-electron chi connectivity index (χ0n) is 20.4. The summed E-state index contributed by atoms with van der Waals surface area (Å²) in [6, 6.07) is 10.6. The fourth-order valence-corrected chi connectivity index (χ4v) is 4.59. The molecule has 0 unspecified atom stereocenters. The number of hydrogen-bond donors (Lipinski definition) is 2. The highest BCUT2D eigenvalue weighted by atomic mass is 16.5. The molecule has 0 radical (unpaired) electrons. The Labute approximate surface area is 199 Å². The Bertz CT molecular complexity index is 1230. The van der Waals surface area contributed by atoms with Gasteiger partial charge in [0.25, 0.3) is 11.8 Å². The number of fused-ring (bicyclic) bond motifs is 1. The van der Waals surface area contributed by atoms with Gasteiger partial charge < -0.3 is 24.7 Å². The van der Waals surface area contributed by atoms with Crippen molar-refractivity contribution in [3.8, 4) is 5.75 Å². The zero-order valence-corrected chi connectivity index (χ0v) is 20.4. The number of rotatable bonds is 6. The number of aromatic nitrogens is 2. The molecule has 1 atom stereocenters. The molecule has 4 rings (SSSR count). The van der Waals surface area contributed by atoms with Crippen molar-refractivity contribution in [1.82, 2.24) is 14.9 Å². The summed E-state index contributed by atoms with van der Waals surface area (Å²) in [6.07, 6.45) is 2.23. The molecule has 0 spiro atoms. The maximum atomic E-state index is 13.2. The highest BCUT2D eigenvalue weighted by Crippen LogP contribution is 2.29. The molecule has 1 aromatic heterocycles. The van der Waals surface area contributed by atoms with Crippen LogP contribution in [0.5, 0.6) is 5.75 Å². The highest BCUT2D eigenvalue weighted by molar-refractivity contribution is 6.11. The van der Waals surface area contributed by atoms with E-state index in [1.54, 1.807) is 30.3 Å². The second-order valence-electron chi connectivity index (χ2n) is 9.26. The molecule has 3 aromatic rings. The van der Waals surface area contributed by atoms with Crippen molar-refractivity contribution in [3.05, 3.63) is 53.3 Å². The zero-order chi connectivity index (χ0) is 24.5. The third-order valence-electron chi connectivity index (χ3n) is 6.27. The third kappa shape index (κ3) is 4.77. The van der Waals surface area contributed by atoms with Gasteiger partial charge in [-0.3, -0.25) is 9.59 Å². The van der Waals surface area contributed by atoms with Gasteiger partial charge in [-0.2, -0.15) is 0 Å². The van der Waals surface area contributed by atoms with E-state index in [-0.39, 0.29) is 23.5 Å². The van der Waals surface area contributed by atoms with Crippen LogP contribution in [0, 0.1) is 0 Å². The maximum Gasteiger partial charge on any atom is 0.259 e. The van der Waals surface area contributed by atoms with Crippen molar-refractivity contribution in [2.75, 3.05) is 19.0 Å². The van der Waals surface area contributed by atoms with Crippen LogP contribution in [-0.2, 0) is 18.2 Å². The lowest BCUT2D eigenvalue weighted by Gasteiger charge is -2.35. The number of hydrogen-bond acceptors (Lipinski definition) is 5. The molecule has 2 amide bonds. The second-order valence-corrected chi connectivity index (χ2v) is 9.26. The van der Waals surface area contributed by atoms with E-state index in [2.05, 4.69) is 10.6 Å². The van der Waals surface area contributed by atoms with Crippen molar-refractivity contribution in [3.63, 3.8) is 0 Å². The molecule has 8 heteroatoms. The number of anilines is 1. The summed E-state index contributed by atoms with van der Waals surface area (Å²) in [7, 11) is 3.44. The lowest BCUT2D eigenvalue weighted by Crippen LogP contribution is -2.45. The van der Waals surface area contributed by atoms with E-state index < -0.39 is 0 Å². The standard InChI is InChI=1S/C26H32N4O4/c1-6-22-28-19-13-16(24(31)27-17-11-12-34-26(2,3)15-17)14-20(23(19)30(22)4)29-25(32)18-9-7-8-10-21(18)33-5/h7-10,13-14,17H,6,11-12,15H2,1-5H3,(H,27,31)(H,29,32)/t17-/m0/s1. The Morgan fingerprint density at radius 1 is 1.24 bits per heavy atom. The van der Waals surface area contributed by atoms with Gasteiger partial charge >= 0.3 is 0 Å². The number of amides is 2. The van der Waals surface area contributed by atoms with Crippen LogP contribution in [0.1, 0.15) is 60.2 Å². The molecule has 34 heavy (non-hydrogen) atoms. The normalized spacial score (nSPS) is 17.4. The lowest BCUT2D eigenvalue weighted by atomic mass is 9.93. The Kier molecular flexibility index (Phi) is 6.61. The summed E-state index contributed by atoms with van der Waals surface area (Å²) in [6.45, 7) is 6.69. The van der Waals surface area contributed by atoms with Gasteiger partial charge in [0.2, 0.25) is 0 Å². The summed E-state index contributed by atoms with van der Waals surface area (Å²) in [5.74, 6) is 0.834. The van der Waals surface area contributed by atoms with Crippen molar-refractivity contribution in [2.45, 2.75) is 51.7 Å². The molecular weight excluding hydrogens is 432 g/mol. The fraction of sp³-hybridized carbons (Fsp3) is 0.423. The second kappa shape index (κ2) is 9.46. The van der Waals surface area contributed by atoms with Crippen LogP contribution >= 0.6 is 0 Å². The van der Waals surface area contributed by atoms with Crippen molar-refractivity contribution < 1.29 is 19.1 Å². The Hall–Kier alpha value is -3.39. The van der Waals surface area contributed by atoms with Crippen LogP contribution in [0.4, 0.5) is 5.69 Å². The molecule has 1 fully saturated rings. The van der Waals surface area contributed by atoms with Crippen molar-refractivity contribution in [1.29, 1.82) is 0 Å². The monoisotopic (exact) mass is 464 g/mol. The number of nitrogens with zero attached hydrogens (tertiary/aromatic N) is 2. The van der Waals surface area contributed by atoms with Gasteiger partial charge in [-0.25, -0.2) is 4.98 Å². The molecule has 2 heterocycles. The first-order valence-electron chi connectivity index (χ1n) is 11.6. The first kappa shape index (κ1) is 23.8. The van der Waals surface area contributed by atoms with E-state index in [1.807, 2.05) is 38.5 Å². The molecule has 0 aliphatic carbocycles. The van der Waals surface area contributed by atoms with Crippen LogP contribution in [0.3, 0.4) is 0 Å². The quantitative estimate of drug-likeness (QED) is 0.573. The summed E-state index contributed by atoms with van der Waals surface area (Å²) < 4.78 is 13.1. The van der Waals surface area contributed by atoms with Gasteiger partial charge in [0.15, 0.2) is 0 Å². The summed E-state index contributed by atoms with van der Waals surface area (Å²) in [5.41, 5.74) is 2.55. The molecule has 2 aromatic carbocycles. The average Bonchev–Trinajstić information content (AvgIpc) is 3.14. The number of imidazole rings is 1. The smallest absolute Gasteiger partial charge is 0.259 e. The average molecular weight is 465 g/mol. The Balaban J connectivity index is 1.69. The lowest BCUT2D eigenvalue weighted by molar-refractivity contribution is -0.0615. The van der Waals surface area contributed by atoms with Crippen LogP contribution in [0.15, 0.2) is 36.4 Å². The number of carbonyl (C=O) groups excluding carboxylic acids is 2. The van der Waals surface area contributed by atoms with E-state index in [4.69, 9.17) is 14.5 Å². The number of para-hydroxylation sites is 1. The van der Waals surface area contributed by atoms with Gasteiger partial charge in [0, 0.05) is 31.7 Å². The van der Waals surface area contributed by atoms with Gasteiger partial charge in [0.05, 0.1) is 35.0 Å². The maximum absolute atomic E-state index is 13.2. The Morgan fingerprint density at radius 2 is 2.00 bits per heavy atom. The number of benzene rings is 2. The Morgan fingerprint density at radius 3 is 2.71 bits per heavy atom. The van der Waals surface area contributed by atoms with Crippen LogP contribution in [0.2, 0.25) is 0 Å².